The van der Waals surface area contributed by atoms with Gasteiger partial charge in [0.2, 0.25) is 0 Å². The standard InChI is InChI=1S/C10H14O5S/c1-6-5-8(11)7(2)9(14-3)10(6)16(12,13)15-4/h5,11H,1-4H3. The second-order valence-electron chi connectivity index (χ2n) is 3.32. The number of hydrogen-bond donors (Lipinski definition) is 1. The molecule has 0 heterocycles. The molecule has 0 amide bonds. The molecular weight excluding hydrogens is 232 g/mol. The second kappa shape index (κ2) is 4.31. The molecule has 0 bridgehead atoms. The highest BCUT2D eigenvalue weighted by Crippen LogP contribution is 2.36. The molecule has 0 atom stereocenters. The van der Waals surface area contributed by atoms with Crippen LogP contribution in [0.5, 0.6) is 11.5 Å². The minimum atomic E-state index is -3.85. The van der Waals surface area contributed by atoms with Gasteiger partial charge in [0.1, 0.15) is 16.4 Å². The van der Waals surface area contributed by atoms with E-state index in [9.17, 15) is 13.5 Å². The van der Waals surface area contributed by atoms with Crippen molar-refractivity contribution in [3.8, 4) is 11.5 Å². The molecule has 0 spiro atoms. The molecular formula is C10H14O5S. The highest BCUT2D eigenvalue weighted by atomic mass is 32.2. The molecule has 1 N–H and O–H groups in total. The van der Waals surface area contributed by atoms with Crippen molar-refractivity contribution in [2.75, 3.05) is 14.2 Å². The smallest absolute Gasteiger partial charge is 0.300 e. The number of benzene rings is 1. The fourth-order valence-electron chi connectivity index (χ4n) is 1.48. The number of phenols is 1. The summed E-state index contributed by atoms with van der Waals surface area (Å²) in [5, 5.41) is 9.56. The lowest BCUT2D eigenvalue weighted by atomic mass is 10.1. The Kier molecular flexibility index (Phi) is 3.44. The van der Waals surface area contributed by atoms with Crippen molar-refractivity contribution >= 4 is 10.1 Å². The fraction of sp³-hybridized carbons (Fsp3) is 0.400. The summed E-state index contributed by atoms with van der Waals surface area (Å²) in [6.07, 6.45) is 0. The summed E-state index contributed by atoms with van der Waals surface area (Å²) in [7, 11) is -1.42. The minimum Gasteiger partial charge on any atom is -0.508 e. The van der Waals surface area contributed by atoms with Crippen LogP contribution in [0.25, 0.3) is 0 Å². The first-order valence-corrected chi connectivity index (χ1v) is 5.93. The number of rotatable bonds is 3. The molecule has 0 fully saturated rings. The third kappa shape index (κ3) is 1.98. The van der Waals surface area contributed by atoms with Crippen molar-refractivity contribution < 1.29 is 22.4 Å². The van der Waals surface area contributed by atoms with Gasteiger partial charge in [-0.15, -0.1) is 0 Å². The van der Waals surface area contributed by atoms with Crippen LogP contribution in [0.15, 0.2) is 11.0 Å². The van der Waals surface area contributed by atoms with Crippen LogP contribution in [-0.2, 0) is 14.3 Å². The Morgan fingerprint density at radius 3 is 2.25 bits per heavy atom. The monoisotopic (exact) mass is 246 g/mol. The van der Waals surface area contributed by atoms with Crippen molar-refractivity contribution in [2.45, 2.75) is 18.7 Å². The number of ether oxygens (including phenoxy) is 1. The van der Waals surface area contributed by atoms with Gasteiger partial charge in [0.25, 0.3) is 0 Å². The molecule has 1 aromatic rings. The van der Waals surface area contributed by atoms with E-state index in [0.29, 0.717) is 11.1 Å². The van der Waals surface area contributed by atoms with Crippen LogP contribution in [0.3, 0.4) is 0 Å². The zero-order valence-electron chi connectivity index (χ0n) is 9.57. The predicted molar refractivity (Wildman–Crippen MR) is 58.3 cm³/mol. The van der Waals surface area contributed by atoms with Crippen molar-refractivity contribution in [3.63, 3.8) is 0 Å². The molecule has 5 nitrogen and oxygen atoms in total. The SMILES string of the molecule is COc1c(C)c(O)cc(C)c1S(=O)(=O)OC. The van der Waals surface area contributed by atoms with Gasteiger partial charge in [-0.2, -0.15) is 8.42 Å². The summed E-state index contributed by atoms with van der Waals surface area (Å²) in [6, 6.07) is 1.36. The van der Waals surface area contributed by atoms with Crippen LogP contribution in [0.1, 0.15) is 11.1 Å². The minimum absolute atomic E-state index is 0.00981. The zero-order valence-corrected chi connectivity index (χ0v) is 10.4. The molecule has 1 aromatic carbocycles. The Hall–Kier alpha value is -1.27. The number of hydrogen-bond acceptors (Lipinski definition) is 5. The van der Waals surface area contributed by atoms with Gasteiger partial charge < -0.3 is 9.84 Å². The van der Waals surface area contributed by atoms with E-state index >= 15 is 0 Å². The summed E-state index contributed by atoms with van der Waals surface area (Å²) in [4.78, 5) is -0.0483. The number of aromatic hydroxyl groups is 1. The Morgan fingerprint density at radius 2 is 1.81 bits per heavy atom. The van der Waals surface area contributed by atoms with Crippen molar-refractivity contribution in [1.82, 2.24) is 0 Å². The van der Waals surface area contributed by atoms with Crippen LogP contribution < -0.4 is 4.74 Å². The maximum absolute atomic E-state index is 11.7. The van der Waals surface area contributed by atoms with E-state index in [1.54, 1.807) is 13.8 Å². The Bertz CT molecular complexity index is 504. The van der Waals surface area contributed by atoms with Gasteiger partial charge in [0, 0.05) is 5.56 Å². The first kappa shape index (κ1) is 12.8. The van der Waals surface area contributed by atoms with E-state index in [1.165, 1.54) is 13.2 Å². The average Bonchev–Trinajstić information content (AvgIpc) is 2.22. The molecule has 0 aliphatic carbocycles. The molecule has 6 heteroatoms. The summed E-state index contributed by atoms with van der Waals surface area (Å²) in [5.41, 5.74) is 0.741. The van der Waals surface area contributed by atoms with Gasteiger partial charge >= 0.3 is 10.1 Å². The van der Waals surface area contributed by atoms with E-state index in [2.05, 4.69) is 4.18 Å². The van der Waals surface area contributed by atoms with Gasteiger partial charge in [0.05, 0.1) is 14.2 Å². The number of methoxy groups -OCH3 is 1. The Labute approximate surface area is 94.7 Å². The fourth-order valence-corrected chi connectivity index (χ4v) is 2.57. The number of aryl methyl sites for hydroxylation is 1. The van der Waals surface area contributed by atoms with Gasteiger partial charge in [-0.05, 0) is 25.5 Å². The average molecular weight is 246 g/mol. The van der Waals surface area contributed by atoms with Gasteiger partial charge in [-0.1, -0.05) is 0 Å². The Balaban J connectivity index is 3.69. The topological polar surface area (TPSA) is 72.8 Å². The normalized spacial score (nSPS) is 11.5. The molecule has 16 heavy (non-hydrogen) atoms. The molecule has 0 unspecified atom stereocenters. The van der Waals surface area contributed by atoms with Crippen LogP contribution in [0.2, 0.25) is 0 Å². The first-order valence-electron chi connectivity index (χ1n) is 4.53. The van der Waals surface area contributed by atoms with E-state index in [1.807, 2.05) is 0 Å². The van der Waals surface area contributed by atoms with E-state index in [0.717, 1.165) is 7.11 Å². The lowest BCUT2D eigenvalue weighted by Gasteiger charge is -2.14. The summed E-state index contributed by atoms with van der Waals surface area (Å²) in [5.74, 6) is 0.101. The van der Waals surface area contributed by atoms with Crippen LogP contribution >= 0.6 is 0 Å². The molecule has 0 aromatic heterocycles. The third-order valence-corrected chi connectivity index (χ3v) is 3.76. The van der Waals surface area contributed by atoms with Gasteiger partial charge in [-0.3, -0.25) is 4.18 Å². The Morgan fingerprint density at radius 1 is 1.25 bits per heavy atom. The quantitative estimate of drug-likeness (QED) is 0.815. The summed E-state index contributed by atoms with van der Waals surface area (Å²) >= 11 is 0. The summed E-state index contributed by atoms with van der Waals surface area (Å²) < 4.78 is 32.8. The van der Waals surface area contributed by atoms with E-state index < -0.39 is 10.1 Å². The van der Waals surface area contributed by atoms with Crippen molar-refractivity contribution in [2.24, 2.45) is 0 Å². The maximum Gasteiger partial charge on any atom is 0.300 e. The highest BCUT2D eigenvalue weighted by Gasteiger charge is 2.25. The molecule has 90 valence electrons. The zero-order chi connectivity index (χ0) is 12.5. The van der Waals surface area contributed by atoms with E-state index in [-0.39, 0.29) is 16.4 Å². The van der Waals surface area contributed by atoms with Gasteiger partial charge in [0.15, 0.2) is 0 Å². The second-order valence-corrected chi connectivity index (χ2v) is 4.97. The first-order chi connectivity index (χ1) is 7.35. The van der Waals surface area contributed by atoms with E-state index in [4.69, 9.17) is 4.74 Å². The molecule has 0 saturated carbocycles. The number of phenolic OH excluding ortho intramolecular Hbond substituents is 1. The molecule has 0 aliphatic rings. The van der Waals surface area contributed by atoms with Gasteiger partial charge in [-0.25, -0.2) is 0 Å². The predicted octanol–water partition coefficient (Wildman–Crippen LogP) is 1.35. The maximum atomic E-state index is 11.7. The largest absolute Gasteiger partial charge is 0.508 e. The third-order valence-electron chi connectivity index (χ3n) is 2.32. The van der Waals surface area contributed by atoms with Crippen LogP contribution in [0.4, 0.5) is 0 Å². The lowest BCUT2D eigenvalue weighted by molar-refractivity contribution is 0.371. The molecule has 1 rings (SSSR count). The van der Waals surface area contributed by atoms with Crippen LogP contribution in [0, 0.1) is 13.8 Å². The van der Waals surface area contributed by atoms with Crippen LogP contribution in [-0.4, -0.2) is 27.7 Å². The molecule has 0 aliphatic heterocycles. The van der Waals surface area contributed by atoms with Crippen molar-refractivity contribution in [3.05, 3.63) is 17.2 Å². The lowest BCUT2D eigenvalue weighted by Crippen LogP contribution is -2.08. The molecule has 0 saturated heterocycles. The summed E-state index contributed by atoms with van der Waals surface area (Å²) in [6.45, 7) is 3.13. The van der Waals surface area contributed by atoms with Crippen molar-refractivity contribution in [1.29, 1.82) is 0 Å². The highest BCUT2D eigenvalue weighted by molar-refractivity contribution is 7.87. The molecule has 0 radical (unpaired) electrons.